The van der Waals surface area contributed by atoms with Gasteiger partial charge in [0.05, 0.1) is 16.4 Å². The van der Waals surface area contributed by atoms with E-state index in [1.807, 2.05) is 0 Å². The van der Waals surface area contributed by atoms with Crippen LogP contribution >= 0.6 is 11.8 Å². The molecule has 1 heterocycles. The summed E-state index contributed by atoms with van der Waals surface area (Å²) < 4.78 is 13.5. The van der Waals surface area contributed by atoms with Crippen LogP contribution in [0.2, 0.25) is 0 Å². The molecule has 1 amide bonds. The highest BCUT2D eigenvalue weighted by molar-refractivity contribution is 8.15. The van der Waals surface area contributed by atoms with Crippen molar-refractivity contribution in [1.82, 2.24) is 5.32 Å². The topological polar surface area (TPSA) is 97.0 Å². The van der Waals surface area contributed by atoms with Crippen LogP contribution < -0.4 is 5.32 Å². The first-order valence-electron chi connectivity index (χ1n) is 7.59. The Labute approximate surface area is 152 Å². The number of amides is 1. The fraction of sp³-hybridized carbons (Fsp3) is 0.118. The van der Waals surface area contributed by atoms with Crippen molar-refractivity contribution in [2.24, 2.45) is 10.2 Å². The first kappa shape index (κ1) is 17.7. The third-order valence-electron chi connectivity index (χ3n) is 3.57. The van der Waals surface area contributed by atoms with E-state index >= 15 is 0 Å². The second-order valence-corrected chi connectivity index (χ2v) is 6.59. The Morgan fingerprint density at radius 2 is 2.08 bits per heavy atom. The van der Waals surface area contributed by atoms with Crippen LogP contribution in [0, 0.1) is 15.9 Å². The normalized spacial score (nSPS) is 18.4. The molecule has 1 atom stereocenters. The molecule has 1 saturated heterocycles. The summed E-state index contributed by atoms with van der Waals surface area (Å²) in [5, 5.41) is 21.0. The van der Waals surface area contributed by atoms with Crippen LogP contribution in [-0.2, 0) is 11.2 Å². The number of nitro groups is 1. The summed E-state index contributed by atoms with van der Waals surface area (Å²) in [6.45, 7) is 0. The summed E-state index contributed by atoms with van der Waals surface area (Å²) in [5.41, 5.74) is 0.955. The highest BCUT2D eigenvalue weighted by atomic mass is 32.2. The molecule has 0 bridgehead atoms. The molecule has 7 nitrogen and oxygen atoms in total. The number of hydrogen-bond donors (Lipinski definition) is 1. The van der Waals surface area contributed by atoms with Gasteiger partial charge in [0.1, 0.15) is 5.82 Å². The maximum absolute atomic E-state index is 13.5. The number of nitro benzene ring substituents is 1. The summed E-state index contributed by atoms with van der Waals surface area (Å²) in [6, 6.07) is 12.3. The molecule has 0 spiro atoms. The molecule has 0 aliphatic carbocycles. The zero-order chi connectivity index (χ0) is 18.5. The standard InChI is InChI=1S/C17H13FN4O3S/c18-14-7-2-1-5-12(14)10-19-21-17-20-16(23)15(26-17)9-11-4-3-6-13(8-11)22(24)25/h1-8,10,15H,9H2,(H,20,21,23). The maximum atomic E-state index is 13.5. The van der Waals surface area contributed by atoms with Gasteiger partial charge in [-0.25, -0.2) is 4.39 Å². The molecular weight excluding hydrogens is 359 g/mol. The molecule has 1 aliphatic rings. The lowest BCUT2D eigenvalue weighted by Gasteiger charge is -2.04. The van der Waals surface area contributed by atoms with E-state index in [9.17, 15) is 19.3 Å². The van der Waals surface area contributed by atoms with E-state index < -0.39 is 16.0 Å². The zero-order valence-corrected chi connectivity index (χ0v) is 14.1. The van der Waals surface area contributed by atoms with Crippen LogP contribution in [0.15, 0.2) is 58.7 Å². The number of halogens is 1. The molecule has 0 saturated carbocycles. The third-order valence-corrected chi connectivity index (χ3v) is 4.64. The second-order valence-electron chi connectivity index (χ2n) is 5.40. The van der Waals surface area contributed by atoms with Crippen molar-refractivity contribution in [2.45, 2.75) is 11.7 Å². The zero-order valence-electron chi connectivity index (χ0n) is 13.3. The van der Waals surface area contributed by atoms with E-state index in [0.717, 1.165) is 0 Å². The lowest BCUT2D eigenvalue weighted by molar-refractivity contribution is -0.384. The van der Waals surface area contributed by atoms with Crippen molar-refractivity contribution in [3.63, 3.8) is 0 Å². The number of amidine groups is 1. The fourth-order valence-electron chi connectivity index (χ4n) is 2.32. The summed E-state index contributed by atoms with van der Waals surface area (Å²) in [6.07, 6.45) is 1.59. The van der Waals surface area contributed by atoms with E-state index in [-0.39, 0.29) is 11.6 Å². The van der Waals surface area contributed by atoms with Crippen molar-refractivity contribution in [2.75, 3.05) is 0 Å². The summed E-state index contributed by atoms with van der Waals surface area (Å²) >= 11 is 1.18. The number of thioether (sulfide) groups is 1. The number of benzene rings is 2. The van der Waals surface area contributed by atoms with Gasteiger partial charge in [0.25, 0.3) is 5.69 Å². The van der Waals surface area contributed by atoms with Crippen molar-refractivity contribution < 1.29 is 14.1 Å². The highest BCUT2D eigenvalue weighted by Crippen LogP contribution is 2.24. The van der Waals surface area contributed by atoms with Gasteiger partial charge >= 0.3 is 0 Å². The van der Waals surface area contributed by atoms with Crippen LogP contribution in [-0.4, -0.2) is 27.5 Å². The van der Waals surface area contributed by atoms with Crippen LogP contribution in [0.1, 0.15) is 11.1 Å². The van der Waals surface area contributed by atoms with Gasteiger partial charge in [0.2, 0.25) is 5.91 Å². The number of rotatable bonds is 5. The summed E-state index contributed by atoms with van der Waals surface area (Å²) in [5.74, 6) is -0.663. The van der Waals surface area contributed by atoms with Gasteiger partial charge in [-0.2, -0.15) is 5.10 Å². The Morgan fingerprint density at radius 3 is 2.85 bits per heavy atom. The average molecular weight is 372 g/mol. The molecule has 1 fully saturated rings. The van der Waals surface area contributed by atoms with E-state index in [2.05, 4.69) is 15.5 Å². The van der Waals surface area contributed by atoms with E-state index in [1.54, 1.807) is 30.3 Å². The minimum absolute atomic E-state index is 0.0192. The molecule has 1 N–H and O–H groups in total. The molecule has 9 heteroatoms. The highest BCUT2D eigenvalue weighted by Gasteiger charge is 2.30. The maximum Gasteiger partial charge on any atom is 0.269 e. The minimum Gasteiger partial charge on any atom is -0.303 e. The molecule has 2 aromatic carbocycles. The number of nitrogens with one attached hydrogen (secondary N) is 1. The van der Waals surface area contributed by atoms with Crippen molar-refractivity contribution in [1.29, 1.82) is 0 Å². The number of hydrogen-bond acceptors (Lipinski definition) is 6. The van der Waals surface area contributed by atoms with E-state index in [0.29, 0.717) is 22.7 Å². The summed E-state index contributed by atoms with van der Waals surface area (Å²) in [4.78, 5) is 22.4. The SMILES string of the molecule is O=C1NC(=NN=Cc2ccccc2F)SC1Cc1cccc([N+](=O)[O-])c1. The van der Waals surface area contributed by atoms with Crippen molar-refractivity contribution in [3.05, 3.63) is 75.6 Å². The van der Waals surface area contributed by atoms with Crippen LogP contribution in [0.5, 0.6) is 0 Å². The molecule has 1 unspecified atom stereocenters. The predicted molar refractivity (Wildman–Crippen MR) is 97.8 cm³/mol. The number of carbonyl (C=O) groups is 1. The van der Waals surface area contributed by atoms with Gasteiger partial charge in [-0.05, 0) is 18.1 Å². The van der Waals surface area contributed by atoms with Gasteiger partial charge in [0, 0.05) is 17.7 Å². The number of carbonyl (C=O) groups excluding carboxylic acids is 1. The smallest absolute Gasteiger partial charge is 0.269 e. The quantitative estimate of drug-likeness (QED) is 0.496. The largest absolute Gasteiger partial charge is 0.303 e. The average Bonchev–Trinajstić information content (AvgIpc) is 2.96. The van der Waals surface area contributed by atoms with Gasteiger partial charge in [-0.15, -0.1) is 5.10 Å². The second kappa shape index (κ2) is 7.87. The van der Waals surface area contributed by atoms with Crippen molar-refractivity contribution in [3.8, 4) is 0 Å². The molecule has 2 aromatic rings. The van der Waals surface area contributed by atoms with E-state index in [4.69, 9.17) is 0 Å². The Bertz CT molecular complexity index is 916. The van der Waals surface area contributed by atoms with Gasteiger partial charge < -0.3 is 5.32 Å². The first-order chi connectivity index (χ1) is 12.5. The van der Waals surface area contributed by atoms with Gasteiger partial charge in [0.15, 0.2) is 5.17 Å². The molecule has 0 radical (unpaired) electrons. The Morgan fingerprint density at radius 1 is 1.27 bits per heavy atom. The van der Waals surface area contributed by atoms with Crippen molar-refractivity contribution >= 4 is 34.7 Å². The number of non-ortho nitro benzene ring substituents is 1. The lowest BCUT2D eigenvalue weighted by atomic mass is 10.1. The van der Waals surface area contributed by atoms with Crippen LogP contribution in [0.3, 0.4) is 0 Å². The molecular formula is C17H13FN4O3S. The summed E-state index contributed by atoms with van der Waals surface area (Å²) in [7, 11) is 0. The molecule has 3 rings (SSSR count). The molecule has 0 aromatic heterocycles. The third kappa shape index (κ3) is 4.31. The lowest BCUT2D eigenvalue weighted by Crippen LogP contribution is -2.25. The monoisotopic (exact) mass is 372 g/mol. The minimum atomic E-state index is -0.477. The Balaban J connectivity index is 1.66. The fourth-order valence-corrected chi connectivity index (χ4v) is 3.29. The predicted octanol–water partition coefficient (Wildman–Crippen LogP) is 2.90. The molecule has 26 heavy (non-hydrogen) atoms. The molecule has 132 valence electrons. The van der Waals surface area contributed by atoms with E-state index in [1.165, 1.54) is 36.2 Å². The number of nitrogens with zero attached hydrogens (tertiary/aromatic N) is 3. The van der Waals surface area contributed by atoms with Crippen LogP contribution in [0.25, 0.3) is 0 Å². The van der Waals surface area contributed by atoms with Gasteiger partial charge in [-0.1, -0.05) is 42.1 Å². The molecule has 1 aliphatic heterocycles. The van der Waals surface area contributed by atoms with Gasteiger partial charge in [-0.3, -0.25) is 14.9 Å². The first-order valence-corrected chi connectivity index (χ1v) is 8.47. The van der Waals surface area contributed by atoms with Crippen LogP contribution in [0.4, 0.5) is 10.1 Å². The Kier molecular flexibility index (Phi) is 5.37. The Hall–Kier alpha value is -3.07.